The molecule has 1 atom stereocenters. The summed E-state index contributed by atoms with van der Waals surface area (Å²) in [6.45, 7) is 2.38. The van der Waals surface area contributed by atoms with Crippen LogP contribution in [0.4, 0.5) is 0 Å². The van der Waals surface area contributed by atoms with Crippen LogP contribution < -0.4 is 15.0 Å². The predicted octanol–water partition coefficient (Wildman–Crippen LogP) is 2.61. The molecule has 3 aromatic rings. The van der Waals surface area contributed by atoms with Crippen LogP contribution in [-0.4, -0.2) is 42.9 Å². The van der Waals surface area contributed by atoms with Gasteiger partial charge in [0.1, 0.15) is 22.9 Å². The Morgan fingerprint density at radius 2 is 2.11 bits per heavy atom. The van der Waals surface area contributed by atoms with Crippen molar-refractivity contribution in [3.63, 3.8) is 0 Å². The summed E-state index contributed by atoms with van der Waals surface area (Å²) < 4.78 is 21.7. The van der Waals surface area contributed by atoms with E-state index in [1.54, 1.807) is 13.0 Å². The van der Waals surface area contributed by atoms with E-state index in [9.17, 15) is 9.59 Å². The summed E-state index contributed by atoms with van der Waals surface area (Å²) in [7, 11) is 1.53. The van der Waals surface area contributed by atoms with Gasteiger partial charge >= 0.3 is 5.97 Å². The third kappa shape index (κ3) is 3.34. The van der Waals surface area contributed by atoms with E-state index in [1.165, 1.54) is 7.11 Å². The minimum atomic E-state index is -0.550. The van der Waals surface area contributed by atoms with Gasteiger partial charge in [-0.05, 0) is 24.6 Å². The number of nitrogens with zero attached hydrogens (tertiary/aromatic N) is 1. The summed E-state index contributed by atoms with van der Waals surface area (Å²) in [5.41, 5.74) is 0.223. The van der Waals surface area contributed by atoms with Gasteiger partial charge in [0.2, 0.25) is 0 Å². The molecule has 0 saturated carbocycles. The lowest BCUT2D eigenvalue weighted by Crippen LogP contribution is -2.26. The van der Waals surface area contributed by atoms with E-state index >= 15 is 0 Å². The number of esters is 1. The quantitative estimate of drug-likeness (QED) is 0.517. The SMILES string of the molecule is COCCOC(=O)c1sc2nc([C@@H]3COc4ccccc4O3)[nH]c(=O)c2c1C. The van der Waals surface area contributed by atoms with Crippen LogP contribution in [0.5, 0.6) is 11.5 Å². The van der Waals surface area contributed by atoms with Crippen molar-refractivity contribution in [2.24, 2.45) is 0 Å². The molecular weight excluding hydrogens is 384 g/mol. The highest BCUT2D eigenvalue weighted by Gasteiger charge is 2.27. The van der Waals surface area contributed by atoms with E-state index in [4.69, 9.17) is 18.9 Å². The van der Waals surface area contributed by atoms with Crippen molar-refractivity contribution in [2.75, 3.05) is 26.9 Å². The Balaban J connectivity index is 1.65. The molecule has 0 amide bonds. The van der Waals surface area contributed by atoms with E-state index in [1.807, 2.05) is 18.2 Å². The van der Waals surface area contributed by atoms with Crippen molar-refractivity contribution >= 4 is 27.5 Å². The first-order valence-corrected chi connectivity index (χ1v) is 9.48. The number of carbonyl (C=O) groups is 1. The number of thiophene rings is 1. The average Bonchev–Trinajstić information content (AvgIpc) is 3.04. The molecule has 1 aromatic carbocycles. The van der Waals surface area contributed by atoms with Crippen molar-refractivity contribution < 1.29 is 23.7 Å². The average molecular weight is 402 g/mol. The van der Waals surface area contributed by atoms with Gasteiger partial charge in [-0.15, -0.1) is 11.3 Å². The van der Waals surface area contributed by atoms with E-state index in [0.717, 1.165) is 11.3 Å². The maximum Gasteiger partial charge on any atom is 0.348 e. The third-order valence-corrected chi connectivity index (χ3v) is 5.50. The number of aromatic amines is 1. The zero-order chi connectivity index (χ0) is 19.7. The molecule has 2 aromatic heterocycles. The Hall–Kier alpha value is -2.91. The van der Waals surface area contributed by atoms with Gasteiger partial charge in [-0.3, -0.25) is 4.79 Å². The molecule has 0 bridgehead atoms. The van der Waals surface area contributed by atoms with Crippen molar-refractivity contribution in [3.8, 4) is 11.5 Å². The van der Waals surface area contributed by atoms with Crippen molar-refractivity contribution in [3.05, 3.63) is 50.9 Å². The van der Waals surface area contributed by atoms with E-state index in [-0.39, 0.29) is 18.8 Å². The number of aryl methyl sites for hydroxylation is 1. The van der Waals surface area contributed by atoms with Crippen LogP contribution in [0.25, 0.3) is 10.2 Å². The topological polar surface area (TPSA) is 99.7 Å². The highest BCUT2D eigenvalue weighted by atomic mass is 32.1. The van der Waals surface area contributed by atoms with Gasteiger partial charge in [-0.1, -0.05) is 12.1 Å². The maximum atomic E-state index is 12.6. The van der Waals surface area contributed by atoms with Gasteiger partial charge in [0.25, 0.3) is 5.56 Å². The fourth-order valence-corrected chi connectivity index (χ4v) is 4.03. The molecule has 3 heterocycles. The first-order chi connectivity index (χ1) is 13.6. The van der Waals surface area contributed by atoms with Crippen LogP contribution in [0, 0.1) is 6.92 Å². The van der Waals surface area contributed by atoms with Crippen molar-refractivity contribution in [1.29, 1.82) is 0 Å². The normalized spacial score (nSPS) is 15.6. The number of hydrogen-bond acceptors (Lipinski definition) is 8. The first kappa shape index (κ1) is 18.5. The second-order valence-electron chi connectivity index (χ2n) is 6.18. The van der Waals surface area contributed by atoms with Crippen molar-refractivity contribution in [1.82, 2.24) is 9.97 Å². The number of benzene rings is 1. The molecule has 28 heavy (non-hydrogen) atoms. The van der Waals surface area contributed by atoms with Gasteiger partial charge < -0.3 is 23.9 Å². The lowest BCUT2D eigenvalue weighted by Gasteiger charge is -2.25. The van der Waals surface area contributed by atoms with Crippen LogP contribution in [0.1, 0.15) is 27.2 Å². The third-order valence-electron chi connectivity index (χ3n) is 4.34. The van der Waals surface area contributed by atoms with Crippen LogP contribution in [0.3, 0.4) is 0 Å². The Morgan fingerprint density at radius 3 is 2.89 bits per heavy atom. The van der Waals surface area contributed by atoms with Crippen molar-refractivity contribution in [2.45, 2.75) is 13.0 Å². The van der Waals surface area contributed by atoms with Gasteiger partial charge in [0.05, 0.1) is 12.0 Å². The molecule has 1 aliphatic heterocycles. The fourth-order valence-electron chi connectivity index (χ4n) is 2.95. The highest BCUT2D eigenvalue weighted by molar-refractivity contribution is 7.20. The molecule has 0 radical (unpaired) electrons. The largest absolute Gasteiger partial charge is 0.485 e. The zero-order valence-corrected chi connectivity index (χ0v) is 16.1. The smallest absolute Gasteiger partial charge is 0.348 e. The molecule has 0 fully saturated rings. The first-order valence-electron chi connectivity index (χ1n) is 8.66. The van der Waals surface area contributed by atoms with Crippen LogP contribution in [0.15, 0.2) is 29.1 Å². The number of aromatic nitrogens is 2. The van der Waals surface area contributed by atoms with Crippen LogP contribution in [-0.2, 0) is 9.47 Å². The number of carbonyl (C=O) groups excluding carboxylic acids is 1. The lowest BCUT2D eigenvalue weighted by atomic mass is 10.2. The molecule has 0 saturated heterocycles. The molecule has 146 valence electrons. The number of nitrogens with one attached hydrogen (secondary N) is 1. The Morgan fingerprint density at radius 1 is 1.32 bits per heavy atom. The Bertz CT molecular complexity index is 1090. The second kappa shape index (κ2) is 7.61. The fraction of sp³-hybridized carbons (Fsp3) is 0.316. The molecule has 9 heteroatoms. The number of methoxy groups -OCH3 is 1. The van der Waals surface area contributed by atoms with Gasteiger partial charge in [-0.25, -0.2) is 9.78 Å². The predicted molar refractivity (Wildman–Crippen MR) is 102 cm³/mol. The molecule has 0 spiro atoms. The monoisotopic (exact) mass is 402 g/mol. The highest BCUT2D eigenvalue weighted by Crippen LogP contribution is 2.35. The standard InChI is InChI=1S/C19H18N2O6S/c1-10-14-17(22)20-16(13-9-26-11-5-3-4-6-12(11)27-13)21-18(14)28-15(10)19(23)25-8-7-24-2/h3-6,13H,7-9H2,1-2H3,(H,20,21,22)/t13-/m0/s1. The molecule has 1 aliphatic rings. The number of rotatable bonds is 5. The van der Waals surface area contributed by atoms with E-state index in [2.05, 4.69) is 9.97 Å². The minimum absolute atomic E-state index is 0.144. The van der Waals surface area contributed by atoms with E-state index in [0.29, 0.717) is 44.6 Å². The number of ether oxygens (including phenoxy) is 4. The number of fused-ring (bicyclic) bond motifs is 2. The van der Waals surface area contributed by atoms with E-state index < -0.39 is 12.1 Å². The molecule has 4 rings (SSSR count). The summed E-state index contributed by atoms with van der Waals surface area (Å²) in [5.74, 6) is 1.10. The Labute approximate surface area is 164 Å². The summed E-state index contributed by atoms with van der Waals surface area (Å²) in [5, 5.41) is 0.379. The molecular formula is C19H18N2O6S. The molecule has 1 N–H and O–H groups in total. The molecule has 8 nitrogen and oxygen atoms in total. The lowest BCUT2D eigenvalue weighted by molar-refractivity contribution is 0.0393. The van der Waals surface area contributed by atoms with Crippen LogP contribution in [0.2, 0.25) is 0 Å². The summed E-state index contributed by atoms with van der Waals surface area (Å²) >= 11 is 1.13. The summed E-state index contributed by atoms with van der Waals surface area (Å²) in [4.78, 5) is 33.0. The van der Waals surface area contributed by atoms with Gasteiger partial charge in [-0.2, -0.15) is 0 Å². The zero-order valence-electron chi connectivity index (χ0n) is 15.3. The molecule has 0 unspecified atom stereocenters. The van der Waals surface area contributed by atoms with Gasteiger partial charge in [0.15, 0.2) is 23.4 Å². The van der Waals surface area contributed by atoms with Crippen LogP contribution >= 0.6 is 11.3 Å². The number of H-pyrrole nitrogens is 1. The second-order valence-corrected chi connectivity index (χ2v) is 7.18. The number of hydrogen-bond donors (Lipinski definition) is 1. The summed E-state index contributed by atoms with van der Waals surface area (Å²) in [6.07, 6.45) is -0.550. The number of para-hydroxylation sites is 2. The summed E-state index contributed by atoms with van der Waals surface area (Å²) in [6, 6.07) is 7.31. The minimum Gasteiger partial charge on any atom is -0.485 e. The Kier molecular flexibility index (Phi) is 5.01. The molecule has 0 aliphatic carbocycles. The maximum absolute atomic E-state index is 12.6. The van der Waals surface area contributed by atoms with Gasteiger partial charge in [0, 0.05) is 7.11 Å².